The number of aromatic nitrogens is 1. The molecule has 232 valence electrons. The Hall–Kier alpha value is -6.97. The van der Waals surface area contributed by atoms with Crippen molar-refractivity contribution in [3.05, 3.63) is 187 Å². The molecule has 4 nitrogen and oxygen atoms in total. The maximum Gasteiger partial charge on any atom is 0.180 e. The lowest BCUT2D eigenvalue weighted by molar-refractivity contribution is 1.17. The van der Waals surface area contributed by atoms with Crippen molar-refractivity contribution in [1.29, 1.82) is 15.8 Å². The lowest BCUT2D eigenvalue weighted by Crippen LogP contribution is -2.75. The average Bonchev–Trinajstić information content (AvgIpc) is 3.52. The molecular weight excluding hydrogens is 625 g/mol. The van der Waals surface area contributed by atoms with Gasteiger partial charge in [0.1, 0.15) is 6.07 Å². The number of nitriles is 3. The van der Waals surface area contributed by atoms with E-state index in [-0.39, 0.29) is 0 Å². The second-order valence-corrected chi connectivity index (χ2v) is 16.0. The molecule has 1 heterocycles. The van der Waals surface area contributed by atoms with Crippen molar-refractivity contribution in [1.82, 2.24) is 4.57 Å². The molecular formula is C45H28N4Si. The molecule has 0 bridgehead atoms. The van der Waals surface area contributed by atoms with Gasteiger partial charge in [-0.15, -0.1) is 0 Å². The molecule has 0 unspecified atom stereocenters. The summed E-state index contributed by atoms with van der Waals surface area (Å²) in [5.41, 5.74) is 6.07. The smallest absolute Gasteiger partial charge is 0.180 e. The van der Waals surface area contributed by atoms with Crippen LogP contribution in [0.4, 0.5) is 0 Å². The molecule has 0 amide bonds. The summed E-state index contributed by atoms with van der Waals surface area (Å²) in [4.78, 5) is 0. The van der Waals surface area contributed by atoms with Gasteiger partial charge in [0.2, 0.25) is 0 Å². The summed E-state index contributed by atoms with van der Waals surface area (Å²) in [6.07, 6.45) is 0. The average molecular weight is 653 g/mol. The highest BCUT2D eigenvalue weighted by Gasteiger charge is 2.43. The van der Waals surface area contributed by atoms with E-state index in [1.165, 1.54) is 15.6 Å². The summed E-state index contributed by atoms with van der Waals surface area (Å²) in [6.45, 7) is 0. The summed E-state index contributed by atoms with van der Waals surface area (Å²) in [5, 5.41) is 37.3. The van der Waals surface area contributed by atoms with Crippen molar-refractivity contribution in [2.45, 2.75) is 0 Å². The van der Waals surface area contributed by atoms with Crippen molar-refractivity contribution < 1.29 is 0 Å². The van der Waals surface area contributed by atoms with E-state index in [0.29, 0.717) is 16.7 Å². The molecule has 8 aromatic rings. The molecule has 0 atom stereocenters. The fourth-order valence-electron chi connectivity index (χ4n) is 7.50. The molecule has 0 fully saturated rings. The number of rotatable bonds is 6. The number of para-hydroxylation sites is 1. The first kappa shape index (κ1) is 30.4. The Labute approximate surface area is 291 Å². The van der Waals surface area contributed by atoms with Gasteiger partial charge in [-0.05, 0) is 80.4 Å². The number of hydrogen-bond acceptors (Lipinski definition) is 3. The zero-order chi connectivity index (χ0) is 34.1. The van der Waals surface area contributed by atoms with Crippen LogP contribution in [-0.2, 0) is 0 Å². The minimum absolute atomic E-state index is 0.509. The summed E-state index contributed by atoms with van der Waals surface area (Å²) in [6, 6.07) is 65.0. The van der Waals surface area contributed by atoms with E-state index in [2.05, 4.69) is 114 Å². The van der Waals surface area contributed by atoms with Gasteiger partial charge < -0.3 is 4.57 Å². The van der Waals surface area contributed by atoms with Crippen LogP contribution >= 0.6 is 0 Å². The molecule has 0 spiro atoms. The summed E-state index contributed by atoms with van der Waals surface area (Å²) >= 11 is 0. The monoisotopic (exact) mass is 652 g/mol. The zero-order valence-electron chi connectivity index (χ0n) is 27.0. The first-order valence-corrected chi connectivity index (χ1v) is 18.4. The van der Waals surface area contributed by atoms with Crippen LogP contribution in [0.2, 0.25) is 0 Å². The van der Waals surface area contributed by atoms with E-state index >= 15 is 0 Å². The Morgan fingerprint density at radius 2 is 0.980 bits per heavy atom. The van der Waals surface area contributed by atoms with Gasteiger partial charge in [0.05, 0.1) is 45.5 Å². The first-order valence-electron chi connectivity index (χ1n) is 16.4. The molecule has 1 aromatic heterocycles. The Bertz CT molecular complexity index is 2580. The van der Waals surface area contributed by atoms with Crippen LogP contribution in [-0.4, -0.2) is 12.6 Å². The molecule has 5 heteroatoms. The SMILES string of the molecule is N#Cc1ccc([Si](c2ccccc2)(c2ccccc2)c2ccccc2)c(-c2ccc(-n3c4ccccc4c4cc(C#N)ccc43)c(C#N)c2)c1. The largest absolute Gasteiger partial charge is 0.308 e. The van der Waals surface area contributed by atoms with Crippen LogP contribution in [0.5, 0.6) is 0 Å². The van der Waals surface area contributed by atoms with Gasteiger partial charge in [-0.25, -0.2) is 0 Å². The quantitative estimate of drug-likeness (QED) is 0.138. The molecule has 8 rings (SSSR count). The Morgan fingerprint density at radius 1 is 0.440 bits per heavy atom. The maximum atomic E-state index is 10.7. The molecule has 0 aliphatic heterocycles. The van der Waals surface area contributed by atoms with Gasteiger partial charge in [0.25, 0.3) is 0 Å². The van der Waals surface area contributed by atoms with E-state index in [4.69, 9.17) is 0 Å². The first-order chi connectivity index (χ1) is 24.7. The number of benzene rings is 7. The summed E-state index contributed by atoms with van der Waals surface area (Å²) in [7, 11) is -2.96. The van der Waals surface area contributed by atoms with E-state index in [9.17, 15) is 15.8 Å². The minimum Gasteiger partial charge on any atom is -0.308 e. The summed E-state index contributed by atoms with van der Waals surface area (Å²) in [5.74, 6) is 0. The molecule has 0 saturated carbocycles. The molecule has 7 aromatic carbocycles. The van der Waals surface area contributed by atoms with Crippen LogP contribution in [0, 0.1) is 34.0 Å². The zero-order valence-corrected chi connectivity index (χ0v) is 28.0. The number of fused-ring (bicyclic) bond motifs is 3. The molecule has 0 saturated heterocycles. The van der Waals surface area contributed by atoms with E-state index in [0.717, 1.165) is 43.8 Å². The second-order valence-electron chi connectivity index (χ2n) is 12.3. The summed E-state index contributed by atoms with van der Waals surface area (Å²) < 4.78 is 2.11. The van der Waals surface area contributed by atoms with Crippen molar-refractivity contribution >= 4 is 50.6 Å². The van der Waals surface area contributed by atoms with Gasteiger partial charge in [-0.1, -0.05) is 121 Å². The third kappa shape index (κ3) is 4.80. The van der Waals surface area contributed by atoms with Gasteiger partial charge in [0, 0.05) is 10.8 Å². The predicted octanol–water partition coefficient (Wildman–Crippen LogP) is 7.44. The van der Waals surface area contributed by atoms with E-state index < -0.39 is 8.07 Å². The highest BCUT2D eigenvalue weighted by Crippen LogP contribution is 2.35. The van der Waals surface area contributed by atoms with Crippen molar-refractivity contribution in [2.75, 3.05) is 0 Å². The standard InChI is InChI=1S/C45H28N4Si/c46-29-32-20-23-44-41(27-32)39-18-10-11-19-43(39)49(44)42-24-22-34(28-35(42)31-48)40-26-33(30-47)21-25-45(40)50(36-12-4-1-5-13-36,37-14-6-2-7-15-37)38-16-8-3-9-17-38/h1-28H. The lowest BCUT2D eigenvalue weighted by atomic mass is 10.00. The minimum atomic E-state index is -2.96. The maximum absolute atomic E-state index is 10.7. The third-order valence-electron chi connectivity index (χ3n) is 9.64. The number of hydrogen-bond donors (Lipinski definition) is 0. The van der Waals surface area contributed by atoms with E-state index in [1.54, 1.807) is 0 Å². The Morgan fingerprint density at radius 3 is 1.58 bits per heavy atom. The molecule has 0 aliphatic rings. The Kier molecular flexibility index (Phi) is 7.63. The normalized spacial score (nSPS) is 11.1. The number of nitrogens with zero attached hydrogens (tertiary/aromatic N) is 4. The molecule has 0 N–H and O–H groups in total. The highest BCUT2D eigenvalue weighted by molar-refractivity contribution is 7.20. The lowest BCUT2D eigenvalue weighted by Gasteiger charge is -2.36. The fourth-order valence-corrected chi connectivity index (χ4v) is 12.5. The second kappa shape index (κ2) is 12.6. The van der Waals surface area contributed by atoms with Crippen molar-refractivity contribution in [3.63, 3.8) is 0 Å². The van der Waals surface area contributed by atoms with Crippen LogP contribution in [0.1, 0.15) is 16.7 Å². The van der Waals surface area contributed by atoms with E-state index in [1.807, 2.05) is 78.9 Å². The van der Waals surface area contributed by atoms with Gasteiger partial charge >= 0.3 is 0 Å². The van der Waals surface area contributed by atoms with Crippen LogP contribution in [0.15, 0.2) is 170 Å². The van der Waals surface area contributed by atoms with Crippen molar-refractivity contribution in [3.8, 4) is 35.0 Å². The molecule has 0 aliphatic carbocycles. The third-order valence-corrected chi connectivity index (χ3v) is 14.5. The van der Waals surface area contributed by atoms with Crippen LogP contribution in [0.25, 0.3) is 38.6 Å². The highest BCUT2D eigenvalue weighted by atomic mass is 28.3. The van der Waals surface area contributed by atoms with Gasteiger partial charge in [-0.3, -0.25) is 0 Å². The van der Waals surface area contributed by atoms with Crippen molar-refractivity contribution in [2.24, 2.45) is 0 Å². The van der Waals surface area contributed by atoms with Gasteiger partial charge in [0.15, 0.2) is 8.07 Å². The topological polar surface area (TPSA) is 76.3 Å². The fraction of sp³-hybridized carbons (Fsp3) is 0. The Balaban J connectivity index is 1.43. The molecule has 50 heavy (non-hydrogen) atoms. The van der Waals surface area contributed by atoms with Crippen LogP contribution in [0.3, 0.4) is 0 Å². The predicted molar refractivity (Wildman–Crippen MR) is 204 cm³/mol. The van der Waals surface area contributed by atoms with Crippen LogP contribution < -0.4 is 20.7 Å². The van der Waals surface area contributed by atoms with Gasteiger partial charge in [-0.2, -0.15) is 15.8 Å². The molecule has 0 radical (unpaired) electrons.